The highest BCUT2D eigenvalue weighted by Crippen LogP contribution is 2.23. The van der Waals surface area contributed by atoms with Gasteiger partial charge in [-0.2, -0.15) is 0 Å². The summed E-state index contributed by atoms with van der Waals surface area (Å²) in [5.41, 5.74) is 2.12. The molecule has 2 aromatic carbocycles. The molecule has 4 nitrogen and oxygen atoms in total. The Hall–Kier alpha value is -2.63. The molecule has 0 spiro atoms. The van der Waals surface area contributed by atoms with Gasteiger partial charge in [0.2, 0.25) is 0 Å². The summed E-state index contributed by atoms with van der Waals surface area (Å²) in [5, 5.41) is 6.62. The van der Waals surface area contributed by atoms with Gasteiger partial charge in [0.15, 0.2) is 0 Å². The van der Waals surface area contributed by atoms with Crippen LogP contribution < -0.4 is 10.6 Å². The Morgan fingerprint density at radius 3 is 2.24 bits per heavy atom. The van der Waals surface area contributed by atoms with Crippen LogP contribution in [0.4, 0.5) is 21.5 Å². The smallest absolute Gasteiger partial charge is 0.257 e. The predicted octanol–water partition coefficient (Wildman–Crippen LogP) is 5.52. The molecule has 0 atom stereocenters. The highest BCUT2D eigenvalue weighted by molar-refractivity contribution is 6.35. The normalized spacial score (nSPS) is 10.4. The zero-order chi connectivity index (χ0) is 17.8. The first-order valence-corrected chi connectivity index (χ1v) is 8.00. The number of pyridine rings is 1. The molecular weight excluding hydrogens is 364 g/mol. The second-order valence-electron chi connectivity index (χ2n) is 5.21. The van der Waals surface area contributed by atoms with Crippen LogP contribution in [0.25, 0.3) is 0 Å². The Morgan fingerprint density at radius 1 is 0.880 bits per heavy atom. The Balaban J connectivity index is 1.76. The number of hydrogen-bond acceptors (Lipinski definition) is 3. The maximum absolute atomic E-state index is 12.9. The molecule has 25 heavy (non-hydrogen) atoms. The van der Waals surface area contributed by atoms with Crippen molar-refractivity contribution >= 4 is 46.2 Å². The quantitative estimate of drug-likeness (QED) is 0.630. The van der Waals surface area contributed by atoms with Crippen molar-refractivity contribution < 1.29 is 9.18 Å². The lowest BCUT2D eigenvalue weighted by Gasteiger charge is -2.09. The van der Waals surface area contributed by atoms with E-state index in [-0.39, 0.29) is 11.7 Å². The van der Waals surface area contributed by atoms with Gasteiger partial charge >= 0.3 is 0 Å². The fraction of sp³-hybridized carbons (Fsp3) is 0. The number of nitrogens with one attached hydrogen (secondary N) is 2. The van der Waals surface area contributed by atoms with E-state index in [2.05, 4.69) is 15.6 Å². The van der Waals surface area contributed by atoms with Crippen LogP contribution in [0.1, 0.15) is 10.4 Å². The van der Waals surface area contributed by atoms with Gasteiger partial charge in [-0.05, 0) is 48.5 Å². The average molecular weight is 376 g/mol. The van der Waals surface area contributed by atoms with Gasteiger partial charge in [-0.25, -0.2) is 4.39 Å². The van der Waals surface area contributed by atoms with Crippen LogP contribution in [0.15, 0.2) is 60.9 Å². The largest absolute Gasteiger partial charge is 0.354 e. The minimum atomic E-state index is -0.353. The number of rotatable bonds is 4. The molecule has 0 aliphatic heterocycles. The minimum Gasteiger partial charge on any atom is -0.354 e. The molecule has 0 unspecified atom stereocenters. The van der Waals surface area contributed by atoms with Crippen LogP contribution in [0.2, 0.25) is 10.0 Å². The van der Waals surface area contributed by atoms with Gasteiger partial charge in [-0.1, -0.05) is 23.2 Å². The van der Waals surface area contributed by atoms with Crippen LogP contribution in [-0.2, 0) is 0 Å². The van der Waals surface area contributed by atoms with Gasteiger partial charge in [0.1, 0.15) is 5.82 Å². The molecular formula is C18H12Cl2FN3O. The molecule has 2 N–H and O–H groups in total. The molecule has 7 heteroatoms. The van der Waals surface area contributed by atoms with E-state index < -0.39 is 0 Å². The third-order valence-corrected chi connectivity index (χ3v) is 3.69. The van der Waals surface area contributed by atoms with Crippen molar-refractivity contribution in [3.63, 3.8) is 0 Å². The topological polar surface area (TPSA) is 54.0 Å². The second-order valence-corrected chi connectivity index (χ2v) is 6.08. The van der Waals surface area contributed by atoms with Crippen molar-refractivity contribution in [2.75, 3.05) is 10.6 Å². The van der Waals surface area contributed by atoms with E-state index in [1.54, 1.807) is 42.6 Å². The van der Waals surface area contributed by atoms with Crippen molar-refractivity contribution in [2.45, 2.75) is 0 Å². The number of carbonyl (C=O) groups is 1. The molecule has 1 amide bonds. The third-order valence-electron chi connectivity index (χ3n) is 3.25. The first kappa shape index (κ1) is 17.2. The van der Waals surface area contributed by atoms with Crippen LogP contribution in [-0.4, -0.2) is 10.9 Å². The lowest BCUT2D eigenvalue weighted by atomic mass is 10.2. The Morgan fingerprint density at radius 2 is 1.56 bits per heavy atom. The van der Waals surface area contributed by atoms with E-state index in [1.807, 2.05) is 0 Å². The van der Waals surface area contributed by atoms with Crippen molar-refractivity contribution in [1.82, 2.24) is 4.98 Å². The van der Waals surface area contributed by atoms with Crippen LogP contribution >= 0.6 is 23.2 Å². The van der Waals surface area contributed by atoms with Gasteiger partial charge in [-0.3, -0.25) is 9.78 Å². The van der Waals surface area contributed by atoms with E-state index in [4.69, 9.17) is 23.2 Å². The van der Waals surface area contributed by atoms with Crippen molar-refractivity contribution in [1.29, 1.82) is 0 Å². The number of amides is 1. The summed E-state index contributed by atoms with van der Waals surface area (Å²) in [4.78, 5) is 16.4. The summed E-state index contributed by atoms with van der Waals surface area (Å²) in [6.07, 6.45) is 3.01. The van der Waals surface area contributed by atoms with Gasteiger partial charge < -0.3 is 10.6 Å². The standard InChI is InChI=1S/C18H12Cl2FN3O/c19-12-6-13(20)8-16(7-12)24-18(25)11-5-17(10-22-9-11)23-15-3-1-14(21)2-4-15/h1-10,23H,(H,24,25). The highest BCUT2D eigenvalue weighted by Gasteiger charge is 2.09. The van der Waals surface area contributed by atoms with Gasteiger partial charge in [-0.15, -0.1) is 0 Å². The zero-order valence-electron chi connectivity index (χ0n) is 12.8. The summed E-state index contributed by atoms with van der Waals surface area (Å²) in [5.74, 6) is -0.675. The molecule has 0 aliphatic rings. The molecule has 1 heterocycles. The van der Waals surface area contributed by atoms with E-state index in [9.17, 15) is 9.18 Å². The maximum Gasteiger partial charge on any atom is 0.257 e. The fourth-order valence-corrected chi connectivity index (χ4v) is 2.69. The van der Waals surface area contributed by atoms with Crippen molar-refractivity contribution in [3.8, 4) is 0 Å². The summed E-state index contributed by atoms with van der Waals surface area (Å²) in [6.45, 7) is 0. The minimum absolute atomic E-state index is 0.322. The Labute approximate surface area is 153 Å². The number of benzene rings is 2. The fourth-order valence-electron chi connectivity index (χ4n) is 2.16. The molecule has 0 saturated heterocycles. The highest BCUT2D eigenvalue weighted by atomic mass is 35.5. The SMILES string of the molecule is O=C(Nc1cc(Cl)cc(Cl)c1)c1cncc(Nc2ccc(F)cc2)c1. The summed E-state index contributed by atoms with van der Waals surface area (Å²) >= 11 is 11.8. The van der Waals surface area contributed by atoms with Crippen LogP contribution in [0, 0.1) is 5.82 Å². The molecule has 0 fully saturated rings. The molecule has 3 rings (SSSR count). The number of aromatic nitrogens is 1. The number of anilines is 3. The Kier molecular flexibility index (Phi) is 5.16. The molecule has 0 radical (unpaired) electrons. The van der Waals surface area contributed by atoms with Gasteiger partial charge in [0.05, 0.1) is 17.4 Å². The molecule has 126 valence electrons. The zero-order valence-corrected chi connectivity index (χ0v) is 14.3. The summed E-state index contributed by atoms with van der Waals surface area (Å²) in [7, 11) is 0. The van der Waals surface area contributed by atoms with Crippen molar-refractivity contribution in [3.05, 3.63) is 82.4 Å². The monoisotopic (exact) mass is 375 g/mol. The summed E-state index contributed by atoms with van der Waals surface area (Å²) in [6, 6.07) is 12.3. The third kappa shape index (κ3) is 4.68. The van der Waals surface area contributed by atoms with E-state index in [0.29, 0.717) is 32.7 Å². The molecule has 0 aliphatic carbocycles. The molecule has 1 aromatic heterocycles. The second kappa shape index (κ2) is 7.51. The molecule has 0 saturated carbocycles. The first-order chi connectivity index (χ1) is 12.0. The van der Waals surface area contributed by atoms with E-state index in [1.165, 1.54) is 18.3 Å². The van der Waals surface area contributed by atoms with Crippen molar-refractivity contribution in [2.24, 2.45) is 0 Å². The molecule has 0 bridgehead atoms. The van der Waals surface area contributed by atoms with Gasteiger partial charge in [0, 0.05) is 27.6 Å². The molecule has 3 aromatic rings. The predicted molar refractivity (Wildman–Crippen MR) is 98.3 cm³/mol. The number of nitrogens with zero attached hydrogens (tertiary/aromatic N) is 1. The van der Waals surface area contributed by atoms with Gasteiger partial charge in [0.25, 0.3) is 5.91 Å². The average Bonchev–Trinajstić information content (AvgIpc) is 2.56. The summed E-state index contributed by atoms with van der Waals surface area (Å²) < 4.78 is 12.9. The van der Waals surface area contributed by atoms with E-state index in [0.717, 1.165) is 0 Å². The van der Waals surface area contributed by atoms with E-state index >= 15 is 0 Å². The van der Waals surface area contributed by atoms with Crippen LogP contribution in [0.3, 0.4) is 0 Å². The maximum atomic E-state index is 12.9. The number of halogens is 3. The lowest BCUT2D eigenvalue weighted by Crippen LogP contribution is -2.12. The lowest BCUT2D eigenvalue weighted by molar-refractivity contribution is 0.102. The van der Waals surface area contributed by atoms with Crippen LogP contribution in [0.5, 0.6) is 0 Å². The number of carbonyl (C=O) groups excluding carboxylic acids is 1. The Bertz CT molecular complexity index is 896. The number of hydrogen-bond donors (Lipinski definition) is 2. The first-order valence-electron chi connectivity index (χ1n) is 7.25.